The van der Waals surface area contributed by atoms with E-state index in [2.05, 4.69) is 41.9 Å². The van der Waals surface area contributed by atoms with E-state index in [-0.39, 0.29) is 16.7 Å². The summed E-state index contributed by atoms with van der Waals surface area (Å²) in [7, 11) is 0. The Balaban J connectivity index is 1.21. The molecule has 35 heavy (non-hydrogen) atoms. The Morgan fingerprint density at radius 3 is 2.86 bits per heavy atom. The lowest BCUT2D eigenvalue weighted by atomic mass is 9.65. The van der Waals surface area contributed by atoms with Gasteiger partial charge in [-0.25, -0.2) is 4.98 Å². The van der Waals surface area contributed by atoms with E-state index in [4.69, 9.17) is 9.40 Å². The number of thioether (sulfide) groups is 1. The molecule has 2 bridgehead atoms. The quantitative estimate of drug-likeness (QED) is 0.288. The van der Waals surface area contributed by atoms with Crippen molar-refractivity contribution in [2.75, 3.05) is 12.3 Å². The molecule has 2 atom stereocenters. The number of aromatic nitrogens is 3. The molecular formula is C27H28N4O2S2. The maximum absolute atomic E-state index is 13.2. The van der Waals surface area contributed by atoms with Gasteiger partial charge in [0.1, 0.15) is 0 Å². The standard InChI is InChI=1S/C27H28N4O2S2/c1-26(2)12-17-13-27(3,15-26)16-31(17)23(32)14-35-25-30-29-24(33-25)19-11-21(22-9-6-10-34-22)28-20-8-5-4-7-18(19)20/h4-11,17H,12-16H2,1-3H3/t17-,27-/m0/s1. The maximum atomic E-state index is 13.2. The molecule has 2 aliphatic rings. The first-order valence-corrected chi connectivity index (χ1v) is 13.9. The zero-order chi connectivity index (χ0) is 24.2. The van der Waals surface area contributed by atoms with Crippen molar-refractivity contribution in [2.24, 2.45) is 10.8 Å². The van der Waals surface area contributed by atoms with Crippen LogP contribution in [0.5, 0.6) is 0 Å². The Hall–Kier alpha value is -2.71. The maximum Gasteiger partial charge on any atom is 0.277 e. The van der Waals surface area contributed by atoms with Gasteiger partial charge in [-0.3, -0.25) is 4.79 Å². The van der Waals surface area contributed by atoms with E-state index >= 15 is 0 Å². The molecule has 3 aromatic heterocycles. The van der Waals surface area contributed by atoms with Gasteiger partial charge in [0, 0.05) is 18.0 Å². The minimum Gasteiger partial charge on any atom is -0.411 e. The number of hydrogen-bond acceptors (Lipinski definition) is 7. The van der Waals surface area contributed by atoms with Crippen molar-refractivity contribution in [3.63, 3.8) is 0 Å². The van der Waals surface area contributed by atoms with Crippen LogP contribution >= 0.6 is 23.1 Å². The van der Waals surface area contributed by atoms with Gasteiger partial charge in [0.25, 0.3) is 5.22 Å². The highest BCUT2D eigenvalue weighted by Gasteiger charge is 2.50. The molecule has 6 nitrogen and oxygen atoms in total. The highest BCUT2D eigenvalue weighted by molar-refractivity contribution is 7.99. The molecule has 1 aliphatic heterocycles. The van der Waals surface area contributed by atoms with Crippen LogP contribution in [-0.4, -0.2) is 44.3 Å². The van der Waals surface area contributed by atoms with E-state index in [0.29, 0.717) is 22.9 Å². The Labute approximate surface area is 213 Å². The molecule has 2 fully saturated rings. The summed E-state index contributed by atoms with van der Waals surface area (Å²) in [6.45, 7) is 7.83. The van der Waals surface area contributed by atoms with E-state index < -0.39 is 0 Å². The van der Waals surface area contributed by atoms with Gasteiger partial charge in [-0.1, -0.05) is 56.8 Å². The molecule has 0 spiro atoms. The van der Waals surface area contributed by atoms with Crippen molar-refractivity contribution in [1.82, 2.24) is 20.1 Å². The second-order valence-corrected chi connectivity index (χ2v) is 12.8. The van der Waals surface area contributed by atoms with E-state index in [0.717, 1.165) is 46.4 Å². The monoisotopic (exact) mass is 504 g/mol. The molecule has 180 valence electrons. The first-order valence-electron chi connectivity index (χ1n) is 12.0. The van der Waals surface area contributed by atoms with Crippen LogP contribution in [0.4, 0.5) is 0 Å². The van der Waals surface area contributed by atoms with Crippen molar-refractivity contribution < 1.29 is 9.21 Å². The number of likely N-dealkylation sites (tertiary alicyclic amines) is 1. The summed E-state index contributed by atoms with van der Waals surface area (Å²) in [4.78, 5) is 21.2. The van der Waals surface area contributed by atoms with Crippen LogP contribution in [0.25, 0.3) is 32.9 Å². The number of pyridine rings is 1. The Morgan fingerprint density at radius 1 is 1.17 bits per heavy atom. The minimum atomic E-state index is 0.163. The summed E-state index contributed by atoms with van der Waals surface area (Å²) < 4.78 is 6.05. The normalized spacial score (nSPS) is 23.2. The molecule has 4 heterocycles. The van der Waals surface area contributed by atoms with E-state index in [1.807, 2.05) is 41.8 Å². The molecule has 6 rings (SSSR count). The highest BCUT2D eigenvalue weighted by atomic mass is 32.2. The second-order valence-electron chi connectivity index (χ2n) is 10.9. The van der Waals surface area contributed by atoms with Gasteiger partial charge in [0.2, 0.25) is 11.8 Å². The lowest BCUT2D eigenvalue weighted by Crippen LogP contribution is -2.38. The number of carbonyl (C=O) groups excluding carboxylic acids is 1. The van der Waals surface area contributed by atoms with Gasteiger partial charge < -0.3 is 9.32 Å². The number of nitrogens with zero attached hydrogens (tertiary/aromatic N) is 4. The van der Waals surface area contributed by atoms with Crippen molar-refractivity contribution >= 4 is 39.9 Å². The minimum absolute atomic E-state index is 0.163. The number of para-hydroxylation sites is 1. The lowest BCUT2D eigenvalue weighted by molar-refractivity contribution is -0.129. The largest absolute Gasteiger partial charge is 0.411 e. The molecule has 0 N–H and O–H groups in total. The molecule has 1 saturated carbocycles. The number of fused-ring (bicyclic) bond motifs is 3. The molecule has 0 radical (unpaired) electrons. The second kappa shape index (κ2) is 8.45. The molecule has 1 aromatic carbocycles. The topological polar surface area (TPSA) is 72.1 Å². The Kier molecular flexibility index (Phi) is 5.49. The zero-order valence-electron chi connectivity index (χ0n) is 20.2. The Bertz CT molecular complexity index is 1400. The first kappa shape index (κ1) is 22.7. The van der Waals surface area contributed by atoms with Crippen LogP contribution in [0.1, 0.15) is 40.0 Å². The summed E-state index contributed by atoms with van der Waals surface area (Å²) in [6.07, 6.45) is 3.36. The average molecular weight is 505 g/mol. The first-order chi connectivity index (χ1) is 16.8. The van der Waals surface area contributed by atoms with Crippen molar-refractivity contribution in [3.8, 4) is 22.0 Å². The van der Waals surface area contributed by atoms with Gasteiger partial charge in [-0.05, 0) is 53.7 Å². The van der Waals surface area contributed by atoms with Crippen LogP contribution in [0.3, 0.4) is 0 Å². The van der Waals surface area contributed by atoms with E-state index in [9.17, 15) is 4.79 Å². The van der Waals surface area contributed by atoms with Crippen LogP contribution in [0, 0.1) is 10.8 Å². The smallest absolute Gasteiger partial charge is 0.277 e. The fourth-order valence-corrected chi connectivity index (χ4v) is 7.57. The highest BCUT2D eigenvalue weighted by Crippen LogP contribution is 2.52. The predicted molar refractivity (Wildman–Crippen MR) is 140 cm³/mol. The van der Waals surface area contributed by atoms with Crippen LogP contribution in [0.15, 0.2) is 57.5 Å². The molecule has 1 saturated heterocycles. The summed E-state index contributed by atoms with van der Waals surface area (Å²) in [5.74, 6) is 0.921. The van der Waals surface area contributed by atoms with Gasteiger partial charge in [0.05, 0.1) is 27.4 Å². The fourth-order valence-electron chi connectivity index (χ4n) is 6.24. The molecule has 8 heteroatoms. The number of benzene rings is 1. The van der Waals surface area contributed by atoms with E-state index in [1.54, 1.807) is 11.3 Å². The third-order valence-electron chi connectivity index (χ3n) is 7.18. The number of rotatable bonds is 5. The number of hydrogen-bond donors (Lipinski definition) is 0. The van der Waals surface area contributed by atoms with Gasteiger partial charge >= 0.3 is 0 Å². The predicted octanol–water partition coefficient (Wildman–Crippen LogP) is 6.53. The number of amides is 1. The fraction of sp³-hybridized carbons (Fsp3) is 0.407. The van der Waals surface area contributed by atoms with Crippen molar-refractivity contribution in [1.29, 1.82) is 0 Å². The molecule has 1 aliphatic carbocycles. The van der Waals surface area contributed by atoms with Crippen LogP contribution in [0.2, 0.25) is 0 Å². The number of thiophene rings is 1. The summed E-state index contributed by atoms with van der Waals surface area (Å²) >= 11 is 2.97. The molecule has 4 aromatic rings. The molecular weight excluding hydrogens is 476 g/mol. The van der Waals surface area contributed by atoms with Crippen LogP contribution < -0.4 is 0 Å². The summed E-state index contributed by atoms with van der Waals surface area (Å²) in [6, 6.07) is 14.4. The average Bonchev–Trinajstić information content (AvgIpc) is 3.56. The third-order valence-corrected chi connectivity index (χ3v) is 8.88. The van der Waals surface area contributed by atoms with Crippen molar-refractivity contribution in [2.45, 2.75) is 51.3 Å². The third kappa shape index (κ3) is 4.38. The van der Waals surface area contributed by atoms with Crippen LogP contribution in [-0.2, 0) is 4.79 Å². The molecule has 0 unspecified atom stereocenters. The zero-order valence-corrected chi connectivity index (χ0v) is 21.8. The molecule has 1 amide bonds. The van der Waals surface area contributed by atoms with Gasteiger partial charge in [-0.15, -0.1) is 21.5 Å². The van der Waals surface area contributed by atoms with Gasteiger partial charge in [-0.2, -0.15) is 0 Å². The Morgan fingerprint density at radius 2 is 2.03 bits per heavy atom. The number of carbonyl (C=O) groups is 1. The summed E-state index contributed by atoms with van der Waals surface area (Å²) in [5, 5.41) is 12.0. The SMILES string of the molecule is CC1(C)C[C@H]2C[C@](C)(CN2C(=O)CSc2nnc(-c3cc(-c4cccs4)nc4ccccc34)o2)C1. The van der Waals surface area contributed by atoms with Crippen molar-refractivity contribution in [3.05, 3.63) is 47.8 Å². The van der Waals surface area contributed by atoms with E-state index in [1.165, 1.54) is 18.2 Å². The summed E-state index contributed by atoms with van der Waals surface area (Å²) in [5.41, 5.74) is 3.14. The lowest BCUT2D eigenvalue weighted by Gasteiger charge is -2.39. The van der Waals surface area contributed by atoms with Gasteiger partial charge in [0.15, 0.2) is 0 Å².